The Bertz CT molecular complexity index is 3480. The largest absolute Gasteiger partial charge is 0.307 e. The Morgan fingerprint density at radius 3 is 1.15 bits per heavy atom. The average Bonchev–Trinajstić information content (AvgIpc) is 3.89. The first-order chi connectivity index (χ1) is 32.9. The van der Waals surface area contributed by atoms with Crippen LogP contribution in [0.4, 0.5) is 22.7 Å². The fourth-order valence-electron chi connectivity index (χ4n) is 10.7. The van der Waals surface area contributed by atoms with E-state index in [0.717, 1.165) is 66.1 Å². The molecule has 0 saturated carbocycles. The van der Waals surface area contributed by atoms with E-state index >= 15 is 0 Å². The molecule has 12 rings (SSSR count). The molecule has 0 bridgehead atoms. The van der Waals surface area contributed by atoms with Gasteiger partial charge in [-0.1, -0.05) is 197 Å². The molecule has 0 amide bonds. The fraction of sp³-hybridized carbons (Fsp3) is 0.123. The lowest BCUT2D eigenvalue weighted by atomic mass is 9.81. The molecule has 1 aliphatic heterocycles. The highest BCUT2D eigenvalue weighted by molar-refractivity contribution is 6.24. The molecule has 282 valence electrons. The van der Waals surface area contributed by atoms with Crippen molar-refractivity contribution in [1.29, 1.82) is 0 Å². The molecule has 0 atom stereocenters. The van der Waals surface area contributed by atoms with E-state index in [2.05, 4.69) is 64.1 Å². The van der Waals surface area contributed by atoms with Gasteiger partial charge in [0.15, 0.2) is 5.66 Å². The van der Waals surface area contributed by atoms with Gasteiger partial charge in [0.2, 0.25) is 0 Å². The maximum Gasteiger partial charge on any atom is 0.175 e. The van der Waals surface area contributed by atoms with Crippen molar-refractivity contribution in [3.8, 4) is 22.3 Å². The lowest BCUT2D eigenvalue weighted by Gasteiger charge is -2.47. The Morgan fingerprint density at radius 1 is 0.373 bits per heavy atom. The normalized spacial score (nSPS) is 18.5. The first-order valence-corrected chi connectivity index (χ1v) is 20.1. The van der Waals surface area contributed by atoms with Crippen molar-refractivity contribution in [2.75, 3.05) is 9.80 Å². The Morgan fingerprint density at radius 2 is 0.729 bits per heavy atom. The molecule has 3 aliphatic rings. The Labute approximate surface area is 360 Å². The van der Waals surface area contributed by atoms with Crippen molar-refractivity contribution in [3.63, 3.8) is 0 Å². The number of rotatable bonds is 4. The standard InChI is InChI=1S/C57H44N2/c1-55(2)49-29-17-15-25-43(49)45-33-31-39(35-51(45)55)58-53-47-27-13-11-23-41(47)42-24-12-14-28-48(42)54(53)59(57(58,37-19-7-5-8-20-37)38-21-9-6-10-22-38)40-32-34-46-44-26-16-18-30-50(44)56(3,4)52(46)36-40/h5-36H,1-4H3/i5D,6D,7D,8D,9D,10D,19D,20D,21D,22D. The molecule has 1 heterocycles. The molecule has 2 aliphatic carbocycles. The van der Waals surface area contributed by atoms with E-state index in [1.54, 1.807) is 0 Å². The summed E-state index contributed by atoms with van der Waals surface area (Å²) in [6.45, 7) is 8.66. The molecule has 2 heteroatoms. The summed E-state index contributed by atoms with van der Waals surface area (Å²) in [4.78, 5) is 3.84. The third-order valence-electron chi connectivity index (χ3n) is 13.3. The molecule has 0 saturated heterocycles. The number of anilines is 4. The van der Waals surface area contributed by atoms with Crippen LogP contribution in [0.3, 0.4) is 0 Å². The summed E-state index contributed by atoms with van der Waals surface area (Å²) in [6.07, 6.45) is 0. The zero-order valence-corrected chi connectivity index (χ0v) is 33.1. The van der Waals surface area contributed by atoms with Crippen LogP contribution in [-0.4, -0.2) is 0 Å². The van der Waals surface area contributed by atoms with E-state index < -0.39 is 76.9 Å². The van der Waals surface area contributed by atoms with Gasteiger partial charge in [0, 0.05) is 44.1 Å². The van der Waals surface area contributed by atoms with E-state index in [1.807, 2.05) is 107 Å². The second kappa shape index (κ2) is 12.1. The highest BCUT2D eigenvalue weighted by Crippen LogP contribution is 2.65. The zero-order chi connectivity index (χ0) is 48.4. The van der Waals surface area contributed by atoms with Crippen LogP contribution in [0, 0.1) is 0 Å². The number of benzene rings is 9. The summed E-state index contributed by atoms with van der Waals surface area (Å²) in [7, 11) is 0. The van der Waals surface area contributed by atoms with Crippen LogP contribution in [0.15, 0.2) is 194 Å². The molecule has 9 aromatic rings. The van der Waals surface area contributed by atoms with Crippen molar-refractivity contribution in [3.05, 3.63) is 227 Å². The minimum atomic E-state index is -2.33. The smallest absolute Gasteiger partial charge is 0.175 e. The predicted molar refractivity (Wildman–Crippen MR) is 247 cm³/mol. The van der Waals surface area contributed by atoms with Crippen molar-refractivity contribution < 1.29 is 13.7 Å². The Balaban J connectivity index is 1.36. The van der Waals surface area contributed by atoms with Gasteiger partial charge in [-0.15, -0.1) is 0 Å². The van der Waals surface area contributed by atoms with Gasteiger partial charge in [0.25, 0.3) is 0 Å². The van der Waals surface area contributed by atoms with Gasteiger partial charge >= 0.3 is 0 Å². The maximum atomic E-state index is 10.1. The summed E-state index contributed by atoms with van der Waals surface area (Å²) < 4.78 is 95.5. The Hall–Kier alpha value is -6.90. The molecular weight excluding hydrogens is 713 g/mol. The molecule has 0 spiro atoms. The zero-order valence-electron chi connectivity index (χ0n) is 43.1. The molecular formula is C57H44N2. The topological polar surface area (TPSA) is 6.48 Å². The highest BCUT2D eigenvalue weighted by atomic mass is 15.5. The molecule has 0 radical (unpaired) electrons. The number of nitrogens with zero attached hydrogens (tertiary/aromatic N) is 2. The van der Waals surface area contributed by atoms with Crippen LogP contribution in [0.1, 0.15) is 74.8 Å². The first kappa shape index (κ1) is 25.5. The van der Waals surface area contributed by atoms with Crippen LogP contribution in [0.2, 0.25) is 0 Å². The van der Waals surface area contributed by atoms with E-state index in [-0.39, 0.29) is 11.1 Å². The van der Waals surface area contributed by atoms with E-state index in [4.69, 9.17) is 2.74 Å². The minimum Gasteiger partial charge on any atom is -0.307 e. The van der Waals surface area contributed by atoms with Crippen LogP contribution in [0.25, 0.3) is 43.8 Å². The van der Waals surface area contributed by atoms with Gasteiger partial charge in [0.05, 0.1) is 25.1 Å². The summed E-state index contributed by atoms with van der Waals surface area (Å²) in [5.41, 5.74) is 6.62. The molecule has 59 heavy (non-hydrogen) atoms. The molecule has 0 unspecified atom stereocenters. The summed E-state index contributed by atoms with van der Waals surface area (Å²) in [5.74, 6) is 0. The lowest BCUT2D eigenvalue weighted by molar-refractivity contribution is 0.559. The van der Waals surface area contributed by atoms with Crippen LogP contribution in [-0.2, 0) is 16.5 Å². The van der Waals surface area contributed by atoms with Crippen LogP contribution in [0.5, 0.6) is 0 Å². The maximum absolute atomic E-state index is 10.1. The number of hydrogen-bond donors (Lipinski definition) is 0. The van der Waals surface area contributed by atoms with E-state index in [1.165, 1.54) is 0 Å². The fourth-order valence-corrected chi connectivity index (χ4v) is 10.7. The van der Waals surface area contributed by atoms with Gasteiger partial charge < -0.3 is 9.80 Å². The van der Waals surface area contributed by atoms with Gasteiger partial charge in [-0.25, -0.2) is 0 Å². The third kappa shape index (κ3) is 4.41. The lowest BCUT2D eigenvalue weighted by Crippen LogP contribution is -2.51. The van der Waals surface area contributed by atoms with Gasteiger partial charge in [-0.3, -0.25) is 0 Å². The molecule has 0 fully saturated rings. The SMILES string of the molecule is [2H]c1c([2H])c([2H])c(C2(c3c([2H])c([2H])c([2H])c([2H])c3[2H])N(c3ccc4c(c3)C(C)(C)c3ccccc3-4)c3c(c4ccccc4c4ccccc34)N2c2ccc3c(c2)C(C)(C)c2ccccc2-3)c([2H])c1[2H]. The van der Waals surface area contributed by atoms with Crippen molar-refractivity contribution in [2.24, 2.45) is 0 Å². The molecule has 0 N–H and O–H groups in total. The van der Waals surface area contributed by atoms with Crippen LogP contribution < -0.4 is 9.80 Å². The second-order valence-electron chi connectivity index (χ2n) is 16.9. The molecule has 9 aromatic carbocycles. The van der Waals surface area contributed by atoms with Crippen molar-refractivity contribution >= 4 is 44.3 Å². The van der Waals surface area contributed by atoms with Gasteiger partial charge in [-0.05, 0) is 79.5 Å². The number of hydrogen-bond acceptors (Lipinski definition) is 2. The first-order valence-electron chi connectivity index (χ1n) is 25.1. The third-order valence-corrected chi connectivity index (χ3v) is 13.3. The summed E-state index contributed by atoms with van der Waals surface area (Å²) in [5, 5.41) is 3.23. The summed E-state index contributed by atoms with van der Waals surface area (Å²) >= 11 is 0. The second-order valence-corrected chi connectivity index (χ2v) is 16.9. The quantitative estimate of drug-likeness (QED) is 0.165. The average molecular weight is 767 g/mol. The molecule has 2 nitrogen and oxygen atoms in total. The summed E-state index contributed by atoms with van der Waals surface area (Å²) in [6, 6.07) is 38.5. The van der Waals surface area contributed by atoms with Crippen molar-refractivity contribution in [1.82, 2.24) is 0 Å². The van der Waals surface area contributed by atoms with Gasteiger partial charge in [-0.2, -0.15) is 0 Å². The Kier molecular flexibility index (Phi) is 5.21. The minimum absolute atomic E-state index is 0.275. The predicted octanol–water partition coefficient (Wildman–Crippen LogP) is 14.8. The number of fused-ring (bicyclic) bond motifs is 12. The van der Waals surface area contributed by atoms with E-state index in [9.17, 15) is 11.0 Å². The molecule has 0 aromatic heterocycles. The van der Waals surface area contributed by atoms with E-state index in [0.29, 0.717) is 22.7 Å². The van der Waals surface area contributed by atoms with Crippen LogP contribution >= 0.6 is 0 Å². The monoisotopic (exact) mass is 766 g/mol. The highest BCUT2D eigenvalue weighted by Gasteiger charge is 2.56. The van der Waals surface area contributed by atoms with Gasteiger partial charge in [0.1, 0.15) is 0 Å². The van der Waals surface area contributed by atoms with Crippen molar-refractivity contribution in [2.45, 2.75) is 44.2 Å².